The number of nitrogens with zero attached hydrogens (tertiary/aromatic N) is 2. The Kier molecular flexibility index (Phi) is 7.25. The van der Waals surface area contributed by atoms with Gasteiger partial charge >= 0.3 is 5.97 Å². The van der Waals surface area contributed by atoms with E-state index in [1.54, 1.807) is 18.2 Å². The molecular formula is C21H18Cl2N2O6. The fourth-order valence-corrected chi connectivity index (χ4v) is 3.59. The highest BCUT2D eigenvalue weighted by atomic mass is 35.5. The molecule has 0 aliphatic carbocycles. The number of non-ortho nitro benzene ring substituents is 1. The van der Waals surface area contributed by atoms with Crippen LogP contribution in [0, 0.1) is 16.0 Å². The van der Waals surface area contributed by atoms with Crippen molar-refractivity contribution in [3.8, 4) is 0 Å². The molecular weight excluding hydrogens is 447 g/mol. The average molecular weight is 465 g/mol. The first-order valence-electron chi connectivity index (χ1n) is 9.41. The Hall–Kier alpha value is -2.97. The molecule has 0 saturated carbocycles. The molecule has 1 amide bonds. The van der Waals surface area contributed by atoms with Gasteiger partial charge in [-0.25, -0.2) is 0 Å². The number of Topliss-reactive ketones (excluding diaryl/α,β-unsaturated/α-hetero) is 1. The van der Waals surface area contributed by atoms with Gasteiger partial charge in [-0.2, -0.15) is 0 Å². The molecule has 1 saturated heterocycles. The number of alkyl halides is 1. The largest absolute Gasteiger partial charge is 0.454 e. The van der Waals surface area contributed by atoms with Gasteiger partial charge in [-0.15, -0.1) is 11.6 Å². The molecule has 10 heteroatoms. The Balaban J connectivity index is 1.71. The fourth-order valence-electron chi connectivity index (χ4n) is 3.27. The summed E-state index contributed by atoms with van der Waals surface area (Å²) in [4.78, 5) is 49.6. The first-order valence-corrected chi connectivity index (χ1v) is 10.3. The molecule has 1 fully saturated rings. The fraction of sp³-hybridized carbons (Fsp3) is 0.286. The van der Waals surface area contributed by atoms with Crippen molar-refractivity contribution in [1.29, 1.82) is 0 Å². The number of benzene rings is 2. The van der Waals surface area contributed by atoms with Crippen molar-refractivity contribution in [1.82, 2.24) is 0 Å². The average Bonchev–Trinajstić information content (AvgIpc) is 3.15. The Morgan fingerprint density at radius 3 is 2.58 bits per heavy atom. The summed E-state index contributed by atoms with van der Waals surface area (Å²) in [7, 11) is 0. The molecule has 0 unspecified atom stereocenters. The number of hydrogen-bond donors (Lipinski definition) is 0. The van der Waals surface area contributed by atoms with Crippen molar-refractivity contribution in [3.05, 3.63) is 69.2 Å². The van der Waals surface area contributed by atoms with Gasteiger partial charge in [0.1, 0.15) is 0 Å². The molecule has 1 aliphatic rings. The summed E-state index contributed by atoms with van der Waals surface area (Å²) in [5.74, 6) is -2.17. The molecule has 8 nitrogen and oxygen atoms in total. The summed E-state index contributed by atoms with van der Waals surface area (Å²) in [5.41, 5.74) is 0.490. The number of nitro groups is 1. The lowest BCUT2D eigenvalue weighted by Crippen LogP contribution is -2.32. The van der Waals surface area contributed by atoms with E-state index in [0.29, 0.717) is 16.3 Å². The van der Waals surface area contributed by atoms with Crippen LogP contribution in [0.4, 0.5) is 11.4 Å². The molecule has 0 bridgehead atoms. The quantitative estimate of drug-likeness (QED) is 0.192. The van der Waals surface area contributed by atoms with Crippen molar-refractivity contribution in [2.24, 2.45) is 5.92 Å². The van der Waals surface area contributed by atoms with Gasteiger partial charge in [0.2, 0.25) is 11.7 Å². The number of hydrogen-bond acceptors (Lipinski definition) is 6. The lowest BCUT2D eigenvalue weighted by atomic mass is 10.0. The van der Waals surface area contributed by atoms with Crippen LogP contribution in [0.2, 0.25) is 5.02 Å². The Bertz CT molecular complexity index is 1010. The van der Waals surface area contributed by atoms with Crippen LogP contribution < -0.4 is 4.90 Å². The first-order chi connectivity index (χ1) is 14.8. The van der Waals surface area contributed by atoms with Crippen LogP contribution in [0.15, 0.2) is 48.5 Å². The van der Waals surface area contributed by atoms with E-state index >= 15 is 0 Å². The highest BCUT2D eigenvalue weighted by Gasteiger charge is 2.38. The second kappa shape index (κ2) is 9.89. The van der Waals surface area contributed by atoms with Crippen LogP contribution in [-0.2, 0) is 14.3 Å². The molecule has 31 heavy (non-hydrogen) atoms. The molecule has 2 aromatic carbocycles. The standard InChI is InChI=1S/C21H18Cl2N2O6/c22-9-8-18(20(27)13-4-6-15(23)7-5-13)31-21(28)14-10-19(26)24(12-14)16-2-1-3-17(11-16)25(29)30/h1-7,11,14,18H,8-10,12H2/t14-,18+/m0/s1. The van der Waals surface area contributed by atoms with Gasteiger partial charge < -0.3 is 9.64 Å². The monoisotopic (exact) mass is 464 g/mol. The number of carbonyl (C=O) groups excluding carboxylic acids is 3. The maximum atomic E-state index is 12.7. The van der Waals surface area contributed by atoms with Gasteiger partial charge in [0.05, 0.1) is 16.5 Å². The molecule has 0 spiro atoms. The van der Waals surface area contributed by atoms with Gasteiger partial charge in [0.15, 0.2) is 6.10 Å². The van der Waals surface area contributed by atoms with Gasteiger partial charge in [-0.3, -0.25) is 24.5 Å². The molecule has 0 N–H and O–H groups in total. The topological polar surface area (TPSA) is 107 Å². The highest BCUT2D eigenvalue weighted by Crippen LogP contribution is 2.29. The van der Waals surface area contributed by atoms with Crippen LogP contribution in [-0.4, -0.2) is 41.1 Å². The van der Waals surface area contributed by atoms with E-state index < -0.39 is 28.7 Å². The molecule has 162 valence electrons. The van der Waals surface area contributed by atoms with Gasteiger partial charge in [-0.1, -0.05) is 17.7 Å². The molecule has 2 atom stereocenters. The molecule has 0 aromatic heterocycles. The second-order valence-corrected chi connectivity index (χ2v) is 7.77. The number of nitro benzene ring substituents is 1. The zero-order chi connectivity index (χ0) is 22.5. The van der Waals surface area contributed by atoms with Crippen LogP contribution in [0.1, 0.15) is 23.2 Å². The van der Waals surface area contributed by atoms with Gasteiger partial charge in [0, 0.05) is 48.0 Å². The third kappa shape index (κ3) is 5.39. The minimum atomic E-state index is -1.09. The lowest BCUT2D eigenvalue weighted by Gasteiger charge is -2.19. The van der Waals surface area contributed by atoms with E-state index in [-0.39, 0.29) is 36.9 Å². The zero-order valence-corrected chi connectivity index (χ0v) is 17.7. The van der Waals surface area contributed by atoms with E-state index in [2.05, 4.69) is 0 Å². The Morgan fingerprint density at radius 1 is 1.23 bits per heavy atom. The number of esters is 1. The zero-order valence-electron chi connectivity index (χ0n) is 16.2. The number of carbonyl (C=O) groups is 3. The van der Waals surface area contributed by atoms with E-state index in [1.807, 2.05) is 0 Å². The van der Waals surface area contributed by atoms with Crippen LogP contribution in [0.25, 0.3) is 0 Å². The maximum absolute atomic E-state index is 12.7. The molecule has 1 heterocycles. The van der Waals surface area contributed by atoms with Crippen molar-refractivity contribution < 1.29 is 24.0 Å². The van der Waals surface area contributed by atoms with Crippen molar-refractivity contribution in [2.75, 3.05) is 17.3 Å². The summed E-state index contributed by atoms with van der Waals surface area (Å²) in [5, 5.41) is 11.4. The number of anilines is 1. The Morgan fingerprint density at radius 2 is 1.94 bits per heavy atom. The summed E-state index contributed by atoms with van der Waals surface area (Å²) < 4.78 is 5.42. The van der Waals surface area contributed by atoms with E-state index in [0.717, 1.165) is 0 Å². The van der Waals surface area contributed by atoms with Gasteiger partial charge in [0.25, 0.3) is 5.69 Å². The van der Waals surface area contributed by atoms with E-state index in [9.17, 15) is 24.5 Å². The number of halogens is 2. The van der Waals surface area contributed by atoms with Crippen LogP contribution >= 0.6 is 23.2 Å². The second-order valence-electron chi connectivity index (χ2n) is 6.96. The van der Waals surface area contributed by atoms with E-state index in [1.165, 1.54) is 35.2 Å². The number of ketones is 1. The highest BCUT2D eigenvalue weighted by molar-refractivity contribution is 6.30. The predicted molar refractivity (Wildman–Crippen MR) is 115 cm³/mol. The van der Waals surface area contributed by atoms with Crippen molar-refractivity contribution in [3.63, 3.8) is 0 Å². The lowest BCUT2D eigenvalue weighted by molar-refractivity contribution is -0.384. The van der Waals surface area contributed by atoms with Crippen molar-refractivity contribution in [2.45, 2.75) is 18.9 Å². The number of rotatable bonds is 8. The predicted octanol–water partition coefficient (Wildman–Crippen LogP) is 4.02. The maximum Gasteiger partial charge on any atom is 0.312 e. The minimum absolute atomic E-state index is 0.00155. The Labute approximate surface area is 187 Å². The van der Waals surface area contributed by atoms with Crippen molar-refractivity contribution >= 4 is 52.2 Å². The normalized spacial score (nSPS) is 16.8. The molecule has 1 aliphatic heterocycles. The number of amides is 1. The minimum Gasteiger partial charge on any atom is -0.454 e. The van der Waals surface area contributed by atoms with Gasteiger partial charge in [-0.05, 0) is 30.3 Å². The number of ether oxygens (including phenoxy) is 1. The summed E-state index contributed by atoms with van der Waals surface area (Å²) in [6.07, 6.45) is -1.10. The third-order valence-corrected chi connectivity index (χ3v) is 5.33. The SMILES string of the molecule is O=C(O[C@H](CCCl)C(=O)c1ccc(Cl)cc1)[C@H]1CC(=O)N(c2cccc([N+](=O)[O-])c2)C1. The third-order valence-electron chi connectivity index (χ3n) is 4.86. The van der Waals surface area contributed by atoms with Crippen LogP contribution in [0.5, 0.6) is 0 Å². The van der Waals surface area contributed by atoms with E-state index in [4.69, 9.17) is 27.9 Å². The smallest absolute Gasteiger partial charge is 0.312 e. The first kappa shape index (κ1) is 22.7. The summed E-state index contributed by atoms with van der Waals surface area (Å²) in [6.45, 7) is 0.00155. The molecule has 2 aromatic rings. The molecule has 3 rings (SSSR count). The van der Waals surface area contributed by atoms with Crippen LogP contribution in [0.3, 0.4) is 0 Å². The summed E-state index contributed by atoms with van der Waals surface area (Å²) in [6, 6.07) is 11.8. The molecule has 0 radical (unpaired) electrons. The summed E-state index contributed by atoms with van der Waals surface area (Å²) >= 11 is 11.6.